The van der Waals surface area contributed by atoms with Crippen LogP contribution in [0.2, 0.25) is 0 Å². The highest BCUT2D eigenvalue weighted by Crippen LogP contribution is 2.29. The normalized spacial score (nSPS) is 24.2. The van der Waals surface area contributed by atoms with Crippen molar-refractivity contribution in [1.82, 2.24) is 9.80 Å². The summed E-state index contributed by atoms with van der Waals surface area (Å²) < 4.78 is 5.30. The number of fused-ring (bicyclic) bond motifs is 5. The summed E-state index contributed by atoms with van der Waals surface area (Å²) in [6.07, 6.45) is 5.41. The summed E-state index contributed by atoms with van der Waals surface area (Å²) in [5, 5.41) is 0. The number of ether oxygens (including phenoxy) is 1. The molecule has 26 heavy (non-hydrogen) atoms. The number of piperazine rings is 1. The first-order valence-electron chi connectivity index (χ1n) is 9.97. The molecule has 2 bridgehead atoms. The van der Waals surface area contributed by atoms with Crippen molar-refractivity contribution < 1.29 is 4.74 Å². The molecule has 2 aromatic carbocycles. The van der Waals surface area contributed by atoms with Crippen LogP contribution in [0, 0.1) is 0 Å². The Morgan fingerprint density at radius 3 is 1.85 bits per heavy atom. The minimum atomic E-state index is 0.678. The standard InChI is InChI=1S/C23H30N2O/c1-26-23-13-11-20(12-14-23)16-25-18-21-9-5-6-10-22(25)17-24(21)15-19-7-3-2-4-8-19/h2-4,7-8,11-14,21-22H,5-6,9-10,15-18H2,1H3/t21-,22-/m0/s1. The van der Waals surface area contributed by atoms with Gasteiger partial charge in [0.2, 0.25) is 0 Å². The van der Waals surface area contributed by atoms with Gasteiger partial charge < -0.3 is 4.74 Å². The van der Waals surface area contributed by atoms with Gasteiger partial charge in [0.05, 0.1) is 7.11 Å². The Morgan fingerprint density at radius 1 is 0.769 bits per heavy atom. The van der Waals surface area contributed by atoms with E-state index in [1.54, 1.807) is 7.11 Å². The van der Waals surface area contributed by atoms with Gasteiger partial charge in [-0.1, -0.05) is 55.3 Å². The molecule has 3 heterocycles. The van der Waals surface area contributed by atoms with Crippen LogP contribution in [-0.4, -0.2) is 42.1 Å². The summed E-state index contributed by atoms with van der Waals surface area (Å²) in [4.78, 5) is 5.47. The third-order valence-corrected chi connectivity index (χ3v) is 6.02. The van der Waals surface area contributed by atoms with Gasteiger partial charge in [-0.05, 0) is 36.1 Å². The molecule has 0 amide bonds. The van der Waals surface area contributed by atoms with E-state index < -0.39 is 0 Å². The second kappa shape index (κ2) is 8.24. The first-order chi connectivity index (χ1) is 12.8. The number of hydrogen-bond acceptors (Lipinski definition) is 3. The van der Waals surface area contributed by atoms with Crippen molar-refractivity contribution in [3.8, 4) is 5.75 Å². The summed E-state index contributed by atoms with van der Waals surface area (Å²) in [5.74, 6) is 0.942. The fraction of sp³-hybridized carbons (Fsp3) is 0.478. The number of benzene rings is 2. The van der Waals surface area contributed by atoms with Gasteiger partial charge in [-0.15, -0.1) is 0 Å². The molecule has 0 N–H and O–H groups in total. The van der Waals surface area contributed by atoms with Crippen molar-refractivity contribution in [3.63, 3.8) is 0 Å². The van der Waals surface area contributed by atoms with Gasteiger partial charge in [0, 0.05) is 38.3 Å². The average molecular weight is 351 g/mol. The van der Waals surface area contributed by atoms with Crippen LogP contribution in [-0.2, 0) is 13.1 Å². The van der Waals surface area contributed by atoms with Gasteiger partial charge in [-0.25, -0.2) is 0 Å². The Hall–Kier alpha value is -1.84. The molecule has 0 radical (unpaired) electrons. The quantitative estimate of drug-likeness (QED) is 0.798. The van der Waals surface area contributed by atoms with Crippen LogP contribution in [0.3, 0.4) is 0 Å². The zero-order chi connectivity index (χ0) is 17.8. The minimum absolute atomic E-state index is 0.678. The largest absolute Gasteiger partial charge is 0.497 e. The van der Waals surface area contributed by atoms with Gasteiger partial charge in [-0.3, -0.25) is 9.80 Å². The minimum Gasteiger partial charge on any atom is -0.497 e. The highest BCUT2D eigenvalue weighted by atomic mass is 16.5. The lowest BCUT2D eigenvalue weighted by molar-refractivity contribution is -0.000943. The van der Waals surface area contributed by atoms with Crippen LogP contribution in [0.15, 0.2) is 54.6 Å². The van der Waals surface area contributed by atoms with Crippen LogP contribution in [0.5, 0.6) is 5.75 Å². The second-order valence-corrected chi connectivity index (χ2v) is 7.78. The molecule has 3 saturated heterocycles. The second-order valence-electron chi connectivity index (χ2n) is 7.78. The molecule has 0 aromatic heterocycles. The number of methoxy groups -OCH3 is 1. The highest BCUT2D eigenvalue weighted by Gasteiger charge is 2.34. The predicted octanol–water partition coefficient (Wildman–Crippen LogP) is 4.32. The lowest BCUT2D eigenvalue weighted by Gasteiger charge is -2.48. The molecular weight excluding hydrogens is 320 g/mol. The number of nitrogens with zero attached hydrogens (tertiary/aromatic N) is 2. The van der Waals surface area contributed by atoms with E-state index in [4.69, 9.17) is 4.74 Å². The molecule has 2 atom stereocenters. The molecule has 0 saturated carbocycles. The lowest BCUT2D eigenvalue weighted by atomic mass is 9.92. The third kappa shape index (κ3) is 4.11. The first-order valence-corrected chi connectivity index (χ1v) is 9.97. The van der Waals surface area contributed by atoms with Crippen molar-refractivity contribution in [1.29, 1.82) is 0 Å². The van der Waals surface area contributed by atoms with Gasteiger partial charge in [0.1, 0.15) is 5.75 Å². The molecule has 0 aliphatic carbocycles. The highest BCUT2D eigenvalue weighted by molar-refractivity contribution is 5.27. The van der Waals surface area contributed by atoms with E-state index in [-0.39, 0.29) is 0 Å². The van der Waals surface area contributed by atoms with Crippen LogP contribution in [0.1, 0.15) is 36.8 Å². The molecule has 5 rings (SSSR count). The van der Waals surface area contributed by atoms with Gasteiger partial charge in [0.25, 0.3) is 0 Å². The number of rotatable bonds is 5. The molecule has 138 valence electrons. The summed E-state index contributed by atoms with van der Waals surface area (Å²) >= 11 is 0. The topological polar surface area (TPSA) is 15.7 Å². The van der Waals surface area contributed by atoms with Gasteiger partial charge in [0.15, 0.2) is 0 Å². The van der Waals surface area contributed by atoms with E-state index in [2.05, 4.69) is 64.4 Å². The third-order valence-electron chi connectivity index (χ3n) is 6.02. The molecule has 3 aliphatic rings. The zero-order valence-electron chi connectivity index (χ0n) is 15.8. The van der Waals surface area contributed by atoms with Crippen molar-refractivity contribution >= 4 is 0 Å². The van der Waals surface area contributed by atoms with Crippen molar-refractivity contribution in [2.24, 2.45) is 0 Å². The lowest BCUT2D eigenvalue weighted by Crippen LogP contribution is -2.58. The summed E-state index contributed by atoms with van der Waals surface area (Å²) in [5.41, 5.74) is 2.84. The van der Waals surface area contributed by atoms with E-state index >= 15 is 0 Å². The maximum atomic E-state index is 5.30. The van der Waals surface area contributed by atoms with Gasteiger partial charge >= 0.3 is 0 Å². The summed E-state index contributed by atoms with van der Waals surface area (Å²) in [6, 6.07) is 20.9. The smallest absolute Gasteiger partial charge is 0.118 e. The molecule has 3 heteroatoms. The molecule has 3 nitrogen and oxygen atoms in total. The molecule has 2 aromatic rings. The fourth-order valence-electron chi connectivity index (χ4n) is 4.55. The van der Waals surface area contributed by atoms with Crippen molar-refractivity contribution in [2.75, 3.05) is 20.2 Å². The molecule has 0 unspecified atom stereocenters. The Labute approximate surface area is 157 Å². The molecule has 3 aliphatic heterocycles. The van der Waals surface area contributed by atoms with E-state index in [1.807, 2.05) is 0 Å². The zero-order valence-corrected chi connectivity index (χ0v) is 15.8. The molecular formula is C23H30N2O. The maximum Gasteiger partial charge on any atom is 0.118 e. The van der Waals surface area contributed by atoms with Crippen molar-refractivity contribution in [3.05, 3.63) is 65.7 Å². The predicted molar refractivity (Wildman–Crippen MR) is 106 cm³/mol. The van der Waals surface area contributed by atoms with E-state index in [0.29, 0.717) is 12.1 Å². The summed E-state index contributed by atoms with van der Waals surface area (Å²) in [7, 11) is 1.73. The van der Waals surface area contributed by atoms with Crippen LogP contribution >= 0.6 is 0 Å². The van der Waals surface area contributed by atoms with E-state index in [1.165, 1.54) is 49.9 Å². The van der Waals surface area contributed by atoms with E-state index in [9.17, 15) is 0 Å². The molecule has 3 fully saturated rings. The van der Waals surface area contributed by atoms with Gasteiger partial charge in [-0.2, -0.15) is 0 Å². The number of hydrogen-bond donors (Lipinski definition) is 0. The monoisotopic (exact) mass is 350 g/mol. The Kier molecular flexibility index (Phi) is 5.57. The average Bonchev–Trinajstić information content (AvgIpc) is 2.66. The summed E-state index contributed by atoms with van der Waals surface area (Å²) in [6.45, 7) is 4.56. The SMILES string of the molecule is COc1ccc(CN2C[C@@H]3CCCC[C@H]2CN3Cc2ccccc2)cc1. The van der Waals surface area contributed by atoms with Crippen LogP contribution < -0.4 is 4.74 Å². The molecule has 0 spiro atoms. The van der Waals surface area contributed by atoms with Crippen LogP contribution in [0.25, 0.3) is 0 Å². The van der Waals surface area contributed by atoms with E-state index in [0.717, 1.165) is 18.8 Å². The Bertz CT molecular complexity index is 685. The maximum absolute atomic E-state index is 5.30. The first kappa shape index (κ1) is 17.6. The van der Waals surface area contributed by atoms with Crippen molar-refractivity contribution in [2.45, 2.75) is 50.9 Å². The van der Waals surface area contributed by atoms with Crippen LogP contribution in [0.4, 0.5) is 0 Å². The Balaban J connectivity index is 1.45. The Morgan fingerprint density at radius 2 is 1.31 bits per heavy atom. The fourth-order valence-corrected chi connectivity index (χ4v) is 4.55.